The predicted octanol–water partition coefficient (Wildman–Crippen LogP) is 5.41. The van der Waals surface area contributed by atoms with Gasteiger partial charge in [0.2, 0.25) is 0 Å². The molecule has 0 atom stereocenters. The number of halogens is 4. The van der Waals surface area contributed by atoms with Crippen molar-refractivity contribution < 1.29 is 8.78 Å². The number of hydrogen-bond donors (Lipinski definition) is 1. The third kappa shape index (κ3) is 3.76. The Morgan fingerprint density at radius 3 is 2.47 bits per heavy atom. The van der Waals surface area contributed by atoms with Crippen LogP contribution in [0.25, 0.3) is 0 Å². The van der Waals surface area contributed by atoms with E-state index in [4.69, 9.17) is 0 Å². The second-order valence-corrected chi connectivity index (χ2v) is 5.98. The van der Waals surface area contributed by atoms with Crippen LogP contribution < -0.4 is 5.32 Å². The lowest BCUT2D eigenvalue weighted by Gasteiger charge is -2.11. The Morgan fingerprint density at radius 1 is 1.05 bits per heavy atom. The van der Waals surface area contributed by atoms with Gasteiger partial charge in [0.1, 0.15) is 11.6 Å². The second kappa shape index (κ2) is 6.01. The first-order chi connectivity index (χ1) is 8.95. The van der Waals surface area contributed by atoms with Gasteiger partial charge in [-0.15, -0.1) is 0 Å². The van der Waals surface area contributed by atoms with Gasteiger partial charge in [-0.25, -0.2) is 8.78 Å². The number of rotatable bonds is 3. The minimum Gasteiger partial charge on any atom is -0.381 e. The van der Waals surface area contributed by atoms with Crippen LogP contribution in [0.4, 0.5) is 14.5 Å². The van der Waals surface area contributed by atoms with Crippen LogP contribution in [-0.4, -0.2) is 0 Å². The molecule has 0 spiro atoms. The van der Waals surface area contributed by atoms with Crippen molar-refractivity contribution in [1.29, 1.82) is 0 Å². The average Bonchev–Trinajstić information content (AvgIpc) is 2.31. The second-order valence-electron chi connectivity index (χ2n) is 4.21. The maximum absolute atomic E-state index is 13.3. The molecule has 5 heteroatoms. The Kier molecular flexibility index (Phi) is 4.58. The molecule has 2 aromatic rings. The first-order valence-electron chi connectivity index (χ1n) is 5.60. The third-order valence-corrected chi connectivity index (χ3v) is 3.74. The quantitative estimate of drug-likeness (QED) is 0.738. The average molecular weight is 391 g/mol. The molecule has 0 aromatic heterocycles. The smallest absolute Gasteiger partial charge is 0.137 e. The lowest BCUT2D eigenvalue weighted by molar-refractivity contribution is 0.620. The Hall–Kier alpha value is -0.940. The van der Waals surface area contributed by atoms with Crippen LogP contribution in [-0.2, 0) is 6.54 Å². The van der Waals surface area contributed by atoms with Crippen LogP contribution in [0, 0.1) is 18.6 Å². The SMILES string of the molecule is Cc1cc(F)c(Br)cc1NCc1cc(F)cc(Br)c1. The van der Waals surface area contributed by atoms with Crippen molar-refractivity contribution in [2.24, 2.45) is 0 Å². The van der Waals surface area contributed by atoms with Crippen LogP contribution in [0.3, 0.4) is 0 Å². The zero-order valence-corrected chi connectivity index (χ0v) is 13.3. The molecule has 0 fully saturated rings. The van der Waals surface area contributed by atoms with Gasteiger partial charge in [-0.05, 0) is 64.3 Å². The molecule has 0 radical (unpaired) electrons. The number of hydrogen-bond acceptors (Lipinski definition) is 1. The number of nitrogens with one attached hydrogen (secondary N) is 1. The summed E-state index contributed by atoms with van der Waals surface area (Å²) in [5, 5.41) is 3.17. The summed E-state index contributed by atoms with van der Waals surface area (Å²) in [5.41, 5.74) is 2.43. The fraction of sp³-hybridized carbons (Fsp3) is 0.143. The summed E-state index contributed by atoms with van der Waals surface area (Å²) in [6.45, 7) is 2.29. The van der Waals surface area contributed by atoms with Gasteiger partial charge >= 0.3 is 0 Å². The third-order valence-electron chi connectivity index (χ3n) is 2.67. The highest BCUT2D eigenvalue weighted by Gasteiger charge is 2.05. The molecule has 1 N–H and O–H groups in total. The molecule has 0 aliphatic carbocycles. The van der Waals surface area contributed by atoms with E-state index in [1.165, 1.54) is 18.2 Å². The monoisotopic (exact) mass is 389 g/mol. The first kappa shape index (κ1) is 14.5. The van der Waals surface area contributed by atoms with E-state index in [1.54, 1.807) is 6.07 Å². The van der Waals surface area contributed by atoms with Gasteiger partial charge in [-0.1, -0.05) is 15.9 Å². The van der Waals surface area contributed by atoms with Gasteiger partial charge < -0.3 is 5.32 Å². The van der Waals surface area contributed by atoms with Crippen LogP contribution in [0.1, 0.15) is 11.1 Å². The van der Waals surface area contributed by atoms with E-state index >= 15 is 0 Å². The molecule has 0 saturated carbocycles. The first-order valence-corrected chi connectivity index (χ1v) is 7.19. The van der Waals surface area contributed by atoms with Gasteiger partial charge in [0.05, 0.1) is 4.47 Å². The molecule has 0 aliphatic heterocycles. The Balaban J connectivity index is 2.16. The zero-order chi connectivity index (χ0) is 14.0. The van der Waals surface area contributed by atoms with E-state index in [2.05, 4.69) is 37.2 Å². The van der Waals surface area contributed by atoms with Crippen molar-refractivity contribution in [1.82, 2.24) is 0 Å². The van der Waals surface area contributed by atoms with E-state index in [1.807, 2.05) is 13.0 Å². The maximum Gasteiger partial charge on any atom is 0.137 e. The summed E-state index contributed by atoms with van der Waals surface area (Å²) in [4.78, 5) is 0. The highest BCUT2D eigenvalue weighted by Crippen LogP contribution is 2.25. The summed E-state index contributed by atoms with van der Waals surface area (Å²) in [6, 6.07) is 7.84. The fourth-order valence-corrected chi connectivity index (χ4v) is 2.60. The van der Waals surface area contributed by atoms with E-state index < -0.39 is 0 Å². The van der Waals surface area contributed by atoms with E-state index in [0.717, 1.165) is 16.8 Å². The number of aryl methyl sites for hydroxylation is 1. The summed E-state index contributed by atoms with van der Waals surface area (Å²) in [6.07, 6.45) is 0. The van der Waals surface area contributed by atoms with Crippen molar-refractivity contribution in [3.8, 4) is 0 Å². The normalized spacial score (nSPS) is 10.6. The Morgan fingerprint density at radius 2 is 1.79 bits per heavy atom. The predicted molar refractivity (Wildman–Crippen MR) is 80.3 cm³/mol. The van der Waals surface area contributed by atoms with Crippen LogP contribution in [0.5, 0.6) is 0 Å². The maximum atomic E-state index is 13.3. The molecule has 100 valence electrons. The molecule has 2 rings (SSSR count). The zero-order valence-electron chi connectivity index (χ0n) is 10.1. The molecule has 1 nitrogen and oxygen atoms in total. The number of anilines is 1. The summed E-state index contributed by atoms with van der Waals surface area (Å²) in [5.74, 6) is -0.584. The molecule has 2 aromatic carbocycles. The van der Waals surface area contributed by atoms with Crippen LogP contribution in [0.2, 0.25) is 0 Å². The molecule has 0 heterocycles. The number of benzene rings is 2. The Labute approximate surface area is 127 Å². The van der Waals surface area contributed by atoms with Crippen LogP contribution >= 0.6 is 31.9 Å². The molecule has 0 aliphatic rings. The minimum atomic E-state index is -0.295. The standard InChI is InChI=1S/C14H11Br2F2N/c1-8-2-13(18)12(16)6-14(8)19-7-9-3-10(15)5-11(17)4-9/h2-6,19H,7H2,1H3. The summed E-state index contributed by atoms with van der Waals surface area (Å²) < 4.78 is 27.6. The van der Waals surface area contributed by atoms with E-state index in [9.17, 15) is 8.78 Å². The minimum absolute atomic E-state index is 0.289. The van der Waals surface area contributed by atoms with E-state index in [-0.39, 0.29) is 11.6 Å². The van der Waals surface area contributed by atoms with Crippen molar-refractivity contribution in [3.63, 3.8) is 0 Å². The van der Waals surface area contributed by atoms with Gasteiger partial charge in [-0.2, -0.15) is 0 Å². The molecule has 19 heavy (non-hydrogen) atoms. The van der Waals surface area contributed by atoms with E-state index in [0.29, 0.717) is 15.5 Å². The van der Waals surface area contributed by atoms with Gasteiger partial charge in [0, 0.05) is 16.7 Å². The van der Waals surface area contributed by atoms with Gasteiger partial charge in [0.15, 0.2) is 0 Å². The topological polar surface area (TPSA) is 12.0 Å². The largest absolute Gasteiger partial charge is 0.381 e. The summed E-state index contributed by atoms with van der Waals surface area (Å²) in [7, 11) is 0. The lowest BCUT2D eigenvalue weighted by atomic mass is 10.1. The van der Waals surface area contributed by atoms with Crippen molar-refractivity contribution in [2.75, 3.05) is 5.32 Å². The van der Waals surface area contributed by atoms with Crippen molar-refractivity contribution in [2.45, 2.75) is 13.5 Å². The molecular weight excluding hydrogens is 380 g/mol. The van der Waals surface area contributed by atoms with Gasteiger partial charge in [0.25, 0.3) is 0 Å². The van der Waals surface area contributed by atoms with Crippen molar-refractivity contribution in [3.05, 3.63) is 62.0 Å². The molecule has 0 unspecified atom stereocenters. The fourth-order valence-electron chi connectivity index (χ4n) is 1.75. The summed E-state index contributed by atoms with van der Waals surface area (Å²) >= 11 is 6.40. The molecule has 0 saturated heterocycles. The van der Waals surface area contributed by atoms with Crippen molar-refractivity contribution >= 4 is 37.5 Å². The van der Waals surface area contributed by atoms with Crippen LogP contribution in [0.15, 0.2) is 39.3 Å². The molecule has 0 bridgehead atoms. The molecular formula is C14H11Br2F2N. The highest BCUT2D eigenvalue weighted by atomic mass is 79.9. The van der Waals surface area contributed by atoms with Gasteiger partial charge in [-0.3, -0.25) is 0 Å². The molecule has 0 amide bonds. The lowest BCUT2D eigenvalue weighted by Crippen LogP contribution is -2.02. The Bertz CT molecular complexity index is 594. The highest BCUT2D eigenvalue weighted by molar-refractivity contribution is 9.10.